The van der Waals surface area contributed by atoms with Crippen LogP contribution in [0, 0.1) is 27.7 Å². The molecule has 0 aliphatic carbocycles. The van der Waals surface area contributed by atoms with E-state index >= 15 is 0 Å². The van der Waals surface area contributed by atoms with Gasteiger partial charge in [0.25, 0.3) is 0 Å². The zero-order valence-corrected chi connectivity index (χ0v) is 40.6. The Balaban J connectivity index is 1.49. The van der Waals surface area contributed by atoms with E-state index in [4.69, 9.17) is 0 Å². The zero-order chi connectivity index (χ0) is 43.0. The molecule has 0 amide bonds. The molecule has 0 bridgehead atoms. The molecule has 0 spiro atoms. The van der Waals surface area contributed by atoms with Gasteiger partial charge in [0.2, 0.25) is 0 Å². The van der Waals surface area contributed by atoms with E-state index in [9.17, 15) is 0 Å². The Morgan fingerprint density at radius 2 is 0.667 bits per heavy atom. The zero-order valence-electron chi connectivity index (χ0n) is 38.6. The molecule has 0 unspecified atom stereocenters. The third-order valence-corrected chi connectivity index (χ3v) is 17.3. The van der Waals surface area contributed by atoms with Gasteiger partial charge < -0.3 is 9.80 Å². The standard InChI is InChI=1S/C56H64N2Si2/c1-35(2)51-33-53(57(43-17-15-37(5)39(7)31-43)41-19-23-45(24-20-41)59(9,10)11)49-30-28-48-52(36(3)4)34-54(50-29-27-47(51)55(49)56(48)50)58(44-18-16-38(6)40(8)32-44)42-21-25-46(26-22-42)60(12,13)14/h15-36H,1-14H3. The monoisotopic (exact) mass is 820 g/mol. The first-order chi connectivity index (χ1) is 28.3. The van der Waals surface area contributed by atoms with Crippen molar-refractivity contribution >= 4 is 93.0 Å². The van der Waals surface area contributed by atoms with Crippen molar-refractivity contribution in [3.8, 4) is 0 Å². The van der Waals surface area contributed by atoms with Gasteiger partial charge in [0.05, 0.1) is 27.5 Å². The summed E-state index contributed by atoms with van der Waals surface area (Å²) in [5, 5.41) is 10.9. The van der Waals surface area contributed by atoms with Crippen LogP contribution < -0.4 is 20.2 Å². The van der Waals surface area contributed by atoms with Gasteiger partial charge in [0.1, 0.15) is 0 Å². The number of benzene rings is 8. The highest BCUT2D eigenvalue weighted by molar-refractivity contribution is 6.89. The summed E-state index contributed by atoms with van der Waals surface area (Å²) in [6, 6.07) is 47.6. The number of anilines is 6. The van der Waals surface area contributed by atoms with Gasteiger partial charge in [-0.1, -0.05) is 138 Å². The van der Waals surface area contributed by atoms with Crippen LogP contribution in [0.15, 0.2) is 121 Å². The Hall–Kier alpha value is -5.17. The summed E-state index contributed by atoms with van der Waals surface area (Å²) in [7, 11) is -2.99. The van der Waals surface area contributed by atoms with Crippen molar-refractivity contribution in [1.29, 1.82) is 0 Å². The third-order valence-electron chi connectivity index (χ3n) is 13.1. The maximum absolute atomic E-state index is 2.53. The second-order valence-corrected chi connectivity index (χ2v) is 30.3. The summed E-state index contributed by atoms with van der Waals surface area (Å²) in [4.78, 5) is 5.06. The van der Waals surface area contributed by atoms with Crippen LogP contribution >= 0.6 is 0 Å². The van der Waals surface area contributed by atoms with E-state index in [2.05, 4.69) is 226 Å². The Kier molecular flexibility index (Phi) is 10.7. The van der Waals surface area contributed by atoms with Gasteiger partial charge in [-0.3, -0.25) is 0 Å². The molecule has 0 atom stereocenters. The summed E-state index contributed by atoms with van der Waals surface area (Å²) in [5.41, 5.74) is 15.2. The molecule has 0 saturated carbocycles. The minimum atomic E-state index is -1.49. The average Bonchev–Trinajstić information content (AvgIpc) is 3.19. The van der Waals surface area contributed by atoms with Gasteiger partial charge in [-0.15, -0.1) is 0 Å². The highest BCUT2D eigenvalue weighted by atomic mass is 28.3. The van der Waals surface area contributed by atoms with E-state index in [1.807, 2.05) is 0 Å². The van der Waals surface area contributed by atoms with Crippen molar-refractivity contribution in [3.63, 3.8) is 0 Å². The molecule has 0 aromatic heterocycles. The molecule has 0 aliphatic heterocycles. The molecule has 8 rings (SSSR count). The van der Waals surface area contributed by atoms with E-state index in [-0.39, 0.29) is 0 Å². The second kappa shape index (κ2) is 15.4. The van der Waals surface area contributed by atoms with Gasteiger partial charge in [0.15, 0.2) is 0 Å². The van der Waals surface area contributed by atoms with E-state index in [0.717, 1.165) is 0 Å². The molecule has 0 N–H and O–H groups in total. The highest BCUT2D eigenvalue weighted by Crippen LogP contribution is 2.51. The largest absolute Gasteiger partial charge is 0.310 e. The Morgan fingerprint density at radius 1 is 0.350 bits per heavy atom. The summed E-state index contributed by atoms with van der Waals surface area (Å²) in [5.74, 6) is 0.648. The molecular formula is C56H64N2Si2. The van der Waals surface area contributed by atoms with E-state index < -0.39 is 16.1 Å². The number of rotatable bonds is 10. The fourth-order valence-electron chi connectivity index (χ4n) is 9.14. The van der Waals surface area contributed by atoms with Crippen molar-refractivity contribution < 1.29 is 0 Å². The minimum Gasteiger partial charge on any atom is -0.310 e. The van der Waals surface area contributed by atoms with Crippen molar-refractivity contribution in [2.45, 2.75) is 107 Å². The fourth-order valence-corrected chi connectivity index (χ4v) is 11.5. The van der Waals surface area contributed by atoms with Gasteiger partial charge in [-0.05, 0) is 155 Å². The van der Waals surface area contributed by atoms with Crippen LogP contribution in [-0.4, -0.2) is 16.1 Å². The molecule has 0 aliphatic rings. The maximum atomic E-state index is 2.53. The van der Waals surface area contributed by atoms with Gasteiger partial charge >= 0.3 is 0 Å². The van der Waals surface area contributed by atoms with Crippen LogP contribution in [-0.2, 0) is 0 Å². The van der Waals surface area contributed by atoms with Crippen LogP contribution in [0.4, 0.5) is 34.1 Å². The molecule has 306 valence electrons. The summed E-state index contributed by atoms with van der Waals surface area (Å²) in [6.45, 7) is 32.9. The highest BCUT2D eigenvalue weighted by Gasteiger charge is 2.27. The minimum absolute atomic E-state index is 0.324. The number of hydrogen-bond acceptors (Lipinski definition) is 2. The van der Waals surface area contributed by atoms with Crippen molar-refractivity contribution in [2.24, 2.45) is 0 Å². The molecule has 4 heteroatoms. The molecule has 8 aromatic carbocycles. The number of hydrogen-bond donors (Lipinski definition) is 0. The lowest BCUT2D eigenvalue weighted by atomic mass is 9.84. The lowest BCUT2D eigenvalue weighted by Crippen LogP contribution is -2.37. The Morgan fingerprint density at radius 3 is 0.967 bits per heavy atom. The quantitative estimate of drug-likeness (QED) is 0.100. The molecule has 8 aromatic rings. The SMILES string of the molecule is Cc1ccc(N(c2ccc([Si](C)(C)C)cc2)c2cc(C(C)C)c3ccc4c(N(c5ccc([Si](C)(C)C)cc5)c5ccc(C)c(C)c5)cc(C(C)C)c5ccc2c3c54)cc1C. The Bertz CT molecular complexity index is 2670. The predicted molar refractivity (Wildman–Crippen MR) is 273 cm³/mol. The maximum Gasteiger partial charge on any atom is 0.0775 e. The normalized spacial score (nSPS) is 12.5. The topological polar surface area (TPSA) is 6.48 Å². The van der Waals surface area contributed by atoms with E-state index in [0.29, 0.717) is 11.8 Å². The molecule has 0 fully saturated rings. The van der Waals surface area contributed by atoms with Gasteiger partial charge in [0, 0.05) is 33.5 Å². The summed E-state index contributed by atoms with van der Waals surface area (Å²) < 4.78 is 0. The van der Waals surface area contributed by atoms with Gasteiger partial charge in [-0.25, -0.2) is 0 Å². The van der Waals surface area contributed by atoms with Crippen LogP contribution in [0.2, 0.25) is 39.3 Å². The number of aryl methyl sites for hydroxylation is 4. The van der Waals surface area contributed by atoms with Crippen LogP contribution in [0.1, 0.15) is 72.9 Å². The van der Waals surface area contributed by atoms with Crippen molar-refractivity contribution in [2.75, 3.05) is 9.80 Å². The van der Waals surface area contributed by atoms with Crippen LogP contribution in [0.25, 0.3) is 32.3 Å². The number of nitrogens with zero attached hydrogens (tertiary/aromatic N) is 2. The summed E-state index contributed by atoms with van der Waals surface area (Å²) >= 11 is 0. The molecular weight excluding hydrogens is 757 g/mol. The third kappa shape index (κ3) is 7.36. The first kappa shape index (κ1) is 41.6. The fraction of sp³-hybridized carbons (Fsp3) is 0.286. The molecule has 0 saturated heterocycles. The molecule has 0 heterocycles. The smallest absolute Gasteiger partial charge is 0.0775 e. The lowest BCUT2D eigenvalue weighted by Gasteiger charge is -2.32. The average molecular weight is 821 g/mol. The van der Waals surface area contributed by atoms with Gasteiger partial charge in [-0.2, -0.15) is 0 Å². The van der Waals surface area contributed by atoms with Crippen LogP contribution in [0.3, 0.4) is 0 Å². The van der Waals surface area contributed by atoms with E-state index in [1.54, 1.807) is 0 Å². The predicted octanol–water partition coefficient (Wildman–Crippen LogP) is 16.1. The molecule has 2 nitrogen and oxygen atoms in total. The second-order valence-electron chi connectivity index (χ2n) is 20.2. The first-order valence-electron chi connectivity index (χ1n) is 22.1. The van der Waals surface area contributed by atoms with E-state index in [1.165, 1.54) is 110 Å². The van der Waals surface area contributed by atoms with Crippen molar-refractivity contribution in [3.05, 3.63) is 155 Å². The molecule has 60 heavy (non-hydrogen) atoms. The summed E-state index contributed by atoms with van der Waals surface area (Å²) in [6.07, 6.45) is 0. The lowest BCUT2D eigenvalue weighted by molar-refractivity contribution is 0.875. The Labute approximate surface area is 362 Å². The first-order valence-corrected chi connectivity index (χ1v) is 29.1. The van der Waals surface area contributed by atoms with Crippen molar-refractivity contribution in [1.82, 2.24) is 0 Å². The van der Waals surface area contributed by atoms with Crippen LogP contribution in [0.5, 0.6) is 0 Å². The molecule has 0 radical (unpaired) electrons.